The van der Waals surface area contributed by atoms with Gasteiger partial charge in [0.2, 0.25) is 0 Å². The van der Waals surface area contributed by atoms with E-state index in [9.17, 15) is 19.8 Å². The topological polar surface area (TPSA) is 104 Å². The Hall–Kier alpha value is -0.341. The summed E-state index contributed by atoms with van der Waals surface area (Å²) in [5, 5.41) is 25.8. The van der Waals surface area contributed by atoms with Crippen LogP contribution in [0.5, 0.6) is 0 Å². The zero-order valence-corrected chi connectivity index (χ0v) is 22.3. The molecule has 0 radical (unpaired) electrons. The molecule has 0 aliphatic rings. The van der Waals surface area contributed by atoms with Crippen molar-refractivity contribution in [2.45, 2.75) is 99.8 Å². The first-order valence-corrected chi connectivity index (χ1v) is 15.4. The minimum absolute atomic E-state index is 0.149. The molecule has 0 saturated carbocycles. The predicted molar refractivity (Wildman–Crippen MR) is 120 cm³/mol. The Morgan fingerprint density at radius 3 is 1.31 bits per heavy atom. The van der Waals surface area contributed by atoms with Crippen LogP contribution in [0, 0.1) is 0 Å². The summed E-state index contributed by atoms with van der Waals surface area (Å²) in [6, 6.07) is 0. The molecule has 0 bridgehead atoms. The Bertz CT molecular complexity index is 302. The summed E-state index contributed by atoms with van der Waals surface area (Å²) < 4.78 is 3.25. The number of hydrogen-bond acceptors (Lipinski definition) is 6. The molecule has 0 unspecified atom stereocenters. The molecular formula is C22H46N2O4Sn. The maximum absolute atomic E-state index is 9.91. The Labute approximate surface area is 190 Å². The molecule has 0 saturated heterocycles. The van der Waals surface area contributed by atoms with Crippen LogP contribution in [0.25, 0.3) is 0 Å². The normalized spacial score (nSPS) is 9.52. The second-order valence-electron chi connectivity index (χ2n) is 7.03. The molecule has 0 rings (SSSR count). The number of nitrogens with one attached hydrogen (secondary N) is 2. The SMILES string of the molecule is CCC[CH2][Sn+2][CH2]CCC.CNCCCCCC(=O)[O-].CNCCCCCC(=O)[O-]. The van der Waals surface area contributed by atoms with Gasteiger partial charge < -0.3 is 30.4 Å². The van der Waals surface area contributed by atoms with Crippen LogP contribution < -0.4 is 20.8 Å². The second-order valence-corrected chi connectivity index (χ2v) is 11.3. The number of unbranched alkanes of at least 4 members (excludes halogenated alkanes) is 6. The molecule has 0 heterocycles. The molecule has 7 heteroatoms. The number of carbonyl (C=O) groups excluding carboxylic acids is 2. The quantitative estimate of drug-likeness (QED) is 0.212. The average molecular weight is 521 g/mol. The third kappa shape index (κ3) is 47.1. The van der Waals surface area contributed by atoms with Gasteiger partial charge in [-0.05, 0) is 65.7 Å². The summed E-state index contributed by atoms with van der Waals surface area (Å²) in [7, 11) is 3.78. The molecule has 0 aliphatic carbocycles. The van der Waals surface area contributed by atoms with Crippen molar-refractivity contribution in [3.63, 3.8) is 0 Å². The van der Waals surface area contributed by atoms with E-state index in [2.05, 4.69) is 24.5 Å². The van der Waals surface area contributed by atoms with Crippen molar-refractivity contribution in [3.05, 3.63) is 0 Å². The van der Waals surface area contributed by atoms with Crippen LogP contribution in [0.3, 0.4) is 0 Å². The number of aliphatic carboxylic acids is 2. The van der Waals surface area contributed by atoms with Gasteiger partial charge in [0.15, 0.2) is 0 Å². The van der Waals surface area contributed by atoms with Crippen LogP contribution in [-0.4, -0.2) is 60.3 Å². The Balaban J connectivity index is -0.000000350. The molecule has 6 nitrogen and oxygen atoms in total. The maximum atomic E-state index is 9.91. The molecule has 0 amide bonds. The summed E-state index contributed by atoms with van der Waals surface area (Å²) in [5.74, 6) is -1.88. The van der Waals surface area contributed by atoms with E-state index in [1.165, 1.54) is 25.7 Å². The number of carbonyl (C=O) groups is 2. The molecule has 0 atom stereocenters. The van der Waals surface area contributed by atoms with E-state index >= 15 is 0 Å². The molecule has 172 valence electrons. The first-order chi connectivity index (χ1) is 14.0. The summed E-state index contributed by atoms with van der Waals surface area (Å²) in [5.41, 5.74) is 0. The van der Waals surface area contributed by atoms with Crippen molar-refractivity contribution in [2.75, 3.05) is 27.2 Å². The number of carboxylic acid groups (broad SMARTS) is 2. The number of rotatable bonds is 18. The van der Waals surface area contributed by atoms with E-state index in [0.717, 1.165) is 51.6 Å². The minimum atomic E-state index is -0.940. The van der Waals surface area contributed by atoms with Gasteiger partial charge in [-0.1, -0.05) is 12.8 Å². The molecule has 2 N–H and O–H groups in total. The molecule has 0 aromatic rings. The second kappa shape index (κ2) is 32.3. The van der Waals surface area contributed by atoms with Crippen LogP contribution in [0.4, 0.5) is 0 Å². The van der Waals surface area contributed by atoms with Crippen LogP contribution in [0.15, 0.2) is 0 Å². The van der Waals surface area contributed by atoms with Crippen LogP contribution in [0.1, 0.15) is 90.9 Å². The van der Waals surface area contributed by atoms with E-state index in [1.54, 1.807) is 8.87 Å². The summed E-state index contributed by atoms with van der Waals surface area (Å²) >= 11 is 0.149. The van der Waals surface area contributed by atoms with E-state index < -0.39 is 11.9 Å². The van der Waals surface area contributed by atoms with E-state index in [4.69, 9.17) is 0 Å². The summed E-state index contributed by atoms with van der Waals surface area (Å²) in [6.07, 6.45) is 11.7. The third-order valence-corrected chi connectivity index (χ3v) is 8.07. The zero-order valence-electron chi connectivity index (χ0n) is 19.4. The zero-order chi connectivity index (χ0) is 22.6. The Morgan fingerprint density at radius 2 is 1.03 bits per heavy atom. The van der Waals surface area contributed by atoms with Crippen LogP contribution in [0.2, 0.25) is 8.87 Å². The fourth-order valence-electron chi connectivity index (χ4n) is 2.22. The molecule has 0 spiro atoms. The Morgan fingerprint density at radius 1 is 0.655 bits per heavy atom. The van der Waals surface area contributed by atoms with Crippen molar-refractivity contribution in [3.8, 4) is 0 Å². The Kier molecular flexibility index (Phi) is 37.1. The van der Waals surface area contributed by atoms with Gasteiger partial charge in [-0.3, -0.25) is 0 Å². The third-order valence-electron chi connectivity index (χ3n) is 4.03. The number of hydrogen-bond donors (Lipinski definition) is 2. The maximum Gasteiger partial charge on any atom is 0.0414 e. The smallest absolute Gasteiger partial charge is 0.0414 e. The van der Waals surface area contributed by atoms with Gasteiger partial charge in [-0.2, -0.15) is 0 Å². The van der Waals surface area contributed by atoms with E-state index in [1.807, 2.05) is 14.1 Å². The monoisotopic (exact) mass is 522 g/mol. The predicted octanol–water partition coefficient (Wildman–Crippen LogP) is 2.16. The first-order valence-electron chi connectivity index (χ1n) is 11.4. The first kappa shape index (κ1) is 33.3. The summed E-state index contributed by atoms with van der Waals surface area (Å²) in [6.45, 7) is 6.51. The van der Waals surface area contributed by atoms with Gasteiger partial charge in [0.1, 0.15) is 0 Å². The van der Waals surface area contributed by atoms with Crippen LogP contribution in [-0.2, 0) is 9.59 Å². The largest absolute Gasteiger partial charge is 0.550 e. The van der Waals surface area contributed by atoms with Gasteiger partial charge in [0.05, 0.1) is 0 Å². The fourth-order valence-corrected chi connectivity index (χ4v) is 6.38. The molecule has 0 aromatic carbocycles. The van der Waals surface area contributed by atoms with Crippen LogP contribution >= 0.6 is 0 Å². The minimum Gasteiger partial charge on any atom is -0.550 e. The molecule has 29 heavy (non-hydrogen) atoms. The van der Waals surface area contributed by atoms with Crippen molar-refractivity contribution in [1.82, 2.24) is 10.6 Å². The molecule has 0 aliphatic heterocycles. The number of carboxylic acids is 2. The molecular weight excluding hydrogens is 475 g/mol. The van der Waals surface area contributed by atoms with Gasteiger partial charge in [0, 0.05) is 11.9 Å². The molecule has 0 fully saturated rings. The van der Waals surface area contributed by atoms with E-state index in [-0.39, 0.29) is 34.0 Å². The van der Waals surface area contributed by atoms with Crippen molar-refractivity contribution in [1.29, 1.82) is 0 Å². The molecule has 0 aromatic heterocycles. The average Bonchev–Trinajstić information content (AvgIpc) is 2.68. The van der Waals surface area contributed by atoms with Crippen molar-refractivity contribution < 1.29 is 19.8 Å². The fraction of sp³-hybridized carbons (Fsp3) is 0.909. The van der Waals surface area contributed by atoms with Gasteiger partial charge in [0.25, 0.3) is 0 Å². The van der Waals surface area contributed by atoms with Gasteiger partial charge in [-0.25, -0.2) is 0 Å². The standard InChI is InChI=1S/2C7H15NO2.2C4H9.Sn/c2*1-8-6-4-2-3-5-7(9)10;2*1-3-4-2;/h2*8H,2-6H2,1H3,(H,9,10);2*1,3-4H2,2H3;/q;;;;+2/p-2. The van der Waals surface area contributed by atoms with E-state index in [0.29, 0.717) is 0 Å². The van der Waals surface area contributed by atoms with Gasteiger partial charge >= 0.3 is 69.5 Å². The van der Waals surface area contributed by atoms with Crippen molar-refractivity contribution >= 4 is 33.1 Å². The van der Waals surface area contributed by atoms with Gasteiger partial charge in [-0.15, -0.1) is 0 Å². The summed E-state index contributed by atoms with van der Waals surface area (Å²) in [4.78, 5) is 19.8. The van der Waals surface area contributed by atoms with Crippen molar-refractivity contribution in [2.24, 2.45) is 0 Å².